The van der Waals surface area contributed by atoms with E-state index in [-0.39, 0.29) is 5.91 Å². The van der Waals surface area contributed by atoms with Crippen LogP contribution in [0.15, 0.2) is 81.8 Å². The number of hydrogen-bond donors (Lipinski definition) is 1. The Kier molecular flexibility index (Phi) is 5.29. The van der Waals surface area contributed by atoms with E-state index in [1.165, 1.54) is 5.56 Å². The summed E-state index contributed by atoms with van der Waals surface area (Å²) in [6.07, 6.45) is 3.73. The predicted octanol–water partition coefficient (Wildman–Crippen LogP) is 4.96. The third-order valence-electron chi connectivity index (χ3n) is 4.28. The van der Waals surface area contributed by atoms with Gasteiger partial charge in [0.25, 0.3) is 5.89 Å². The van der Waals surface area contributed by atoms with E-state index in [0.717, 1.165) is 24.1 Å². The number of nitrogens with zero attached hydrogens (tertiary/aromatic N) is 2. The Hall–Kier alpha value is -3.67. The number of aryl methyl sites for hydroxylation is 1. The van der Waals surface area contributed by atoms with E-state index >= 15 is 0 Å². The quantitative estimate of drug-likeness (QED) is 0.495. The third kappa shape index (κ3) is 4.35. The average molecular weight is 373 g/mol. The molecule has 6 nitrogen and oxygen atoms in total. The van der Waals surface area contributed by atoms with Crippen molar-refractivity contribution in [2.75, 3.05) is 5.32 Å². The third-order valence-corrected chi connectivity index (χ3v) is 4.28. The first-order valence-corrected chi connectivity index (χ1v) is 9.09. The van der Waals surface area contributed by atoms with E-state index in [2.05, 4.69) is 27.6 Å². The van der Waals surface area contributed by atoms with Crippen LogP contribution in [-0.4, -0.2) is 16.1 Å². The highest BCUT2D eigenvalue weighted by molar-refractivity contribution is 5.90. The minimum atomic E-state index is 0.00146. The van der Waals surface area contributed by atoms with Crippen molar-refractivity contribution < 1.29 is 13.6 Å². The summed E-state index contributed by atoms with van der Waals surface area (Å²) in [5.74, 6) is 1.25. The van der Waals surface area contributed by atoms with E-state index in [1.54, 1.807) is 18.4 Å². The summed E-state index contributed by atoms with van der Waals surface area (Å²) in [4.78, 5) is 12.1. The largest absolute Gasteiger partial charge is 0.459 e. The maximum Gasteiger partial charge on any atom is 0.283 e. The SMILES string of the molecule is O=C(CCCc1ccccc1)Nc1ccc(-c2nnc(-c3ccco3)o2)cc1. The Bertz CT molecular complexity index is 1020. The van der Waals surface area contributed by atoms with Crippen LogP contribution >= 0.6 is 0 Å². The maximum atomic E-state index is 12.1. The van der Waals surface area contributed by atoms with E-state index in [1.807, 2.05) is 42.5 Å². The Morgan fingerprint density at radius 1 is 0.893 bits per heavy atom. The molecule has 0 aliphatic carbocycles. The number of furan rings is 1. The molecule has 6 heteroatoms. The highest BCUT2D eigenvalue weighted by Gasteiger charge is 2.12. The number of rotatable bonds is 7. The van der Waals surface area contributed by atoms with E-state index < -0.39 is 0 Å². The van der Waals surface area contributed by atoms with E-state index in [0.29, 0.717) is 24.0 Å². The van der Waals surface area contributed by atoms with Crippen LogP contribution in [0, 0.1) is 0 Å². The Labute approximate surface area is 162 Å². The molecule has 1 N–H and O–H groups in total. The van der Waals surface area contributed by atoms with Gasteiger partial charge in [0.1, 0.15) is 0 Å². The number of carbonyl (C=O) groups is 1. The smallest absolute Gasteiger partial charge is 0.283 e. The van der Waals surface area contributed by atoms with Crippen LogP contribution in [0.25, 0.3) is 23.1 Å². The van der Waals surface area contributed by atoms with Crippen LogP contribution in [0.5, 0.6) is 0 Å². The first kappa shape index (κ1) is 17.7. The molecule has 2 heterocycles. The van der Waals surface area contributed by atoms with Crippen molar-refractivity contribution in [1.29, 1.82) is 0 Å². The molecule has 4 aromatic rings. The zero-order valence-corrected chi connectivity index (χ0v) is 15.2. The second-order valence-corrected chi connectivity index (χ2v) is 6.35. The molecule has 0 atom stereocenters. The first-order valence-electron chi connectivity index (χ1n) is 9.09. The Morgan fingerprint density at radius 2 is 1.68 bits per heavy atom. The zero-order valence-electron chi connectivity index (χ0n) is 15.2. The lowest BCUT2D eigenvalue weighted by molar-refractivity contribution is -0.116. The van der Waals surface area contributed by atoms with Gasteiger partial charge in [-0.15, -0.1) is 10.2 Å². The maximum absolute atomic E-state index is 12.1. The highest BCUT2D eigenvalue weighted by Crippen LogP contribution is 2.25. The molecule has 0 fully saturated rings. The van der Waals surface area contributed by atoms with Crippen molar-refractivity contribution >= 4 is 11.6 Å². The lowest BCUT2D eigenvalue weighted by atomic mass is 10.1. The van der Waals surface area contributed by atoms with Gasteiger partial charge in [0.05, 0.1) is 6.26 Å². The molecular formula is C22H19N3O3. The van der Waals surface area contributed by atoms with Gasteiger partial charge in [-0.3, -0.25) is 4.79 Å². The molecule has 0 saturated carbocycles. The molecule has 140 valence electrons. The predicted molar refractivity (Wildman–Crippen MR) is 105 cm³/mol. The lowest BCUT2D eigenvalue weighted by Gasteiger charge is -2.06. The van der Waals surface area contributed by atoms with Gasteiger partial charge in [-0.1, -0.05) is 30.3 Å². The molecule has 2 aromatic carbocycles. The van der Waals surface area contributed by atoms with Gasteiger partial charge < -0.3 is 14.2 Å². The highest BCUT2D eigenvalue weighted by atomic mass is 16.4. The normalized spacial score (nSPS) is 10.7. The summed E-state index contributed by atoms with van der Waals surface area (Å²) in [6, 6.07) is 21.0. The minimum Gasteiger partial charge on any atom is -0.459 e. The average Bonchev–Trinajstić information content (AvgIpc) is 3.41. The zero-order chi connectivity index (χ0) is 19.2. The lowest BCUT2D eigenvalue weighted by Crippen LogP contribution is -2.11. The molecule has 2 aromatic heterocycles. The van der Waals surface area contributed by atoms with Gasteiger partial charge in [0, 0.05) is 17.7 Å². The molecule has 0 radical (unpaired) electrons. The van der Waals surface area contributed by atoms with Gasteiger partial charge >= 0.3 is 0 Å². The molecule has 0 bridgehead atoms. The fourth-order valence-electron chi connectivity index (χ4n) is 2.86. The summed E-state index contributed by atoms with van der Waals surface area (Å²) in [5, 5.41) is 10.9. The molecule has 0 spiro atoms. The minimum absolute atomic E-state index is 0.00146. The summed E-state index contributed by atoms with van der Waals surface area (Å²) in [5.41, 5.74) is 2.75. The van der Waals surface area contributed by atoms with Crippen LogP contribution in [0.1, 0.15) is 18.4 Å². The number of nitrogens with one attached hydrogen (secondary N) is 1. The van der Waals surface area contributed by atoms with Crippen molar-refractivity contribution in [3.05, 3.63) is 78.6 Å². The second kappa shape index (κ2) is 8.35. The number of amides is 1. The number of benzene rings is 2. The van der Waals surface area contributed by atoms with Gasteiger partial charge in [-0.05, 0) is 54.8 Å². The fraction of sp³-hybridized carbons (Fsp3) is 0.136. The number of hydrogen-bond acceptors (Lipinski definition) is 5. The number of carbonyl (C=O) groups excluding carboxylic acids is 1. The van der Waals surface area contributed by atoms with Gasteiger partial charge in [0.15, 0.2) is 5.76 Å². The molecule has 0 unspecified atom stereocenters. The number of anilines is 1. The molecule has 4 rings (SSSR count). The summed E-state index contributed by atoms with van der Waals surface area (Å²) in [7, 11) is 0. The van der Waals surface area contributed by atoms with E-state index in [4.69, 9.17) is 8.83 Å². The monoisotopic (exact) mass is 373 g/mol. The van der Waals surface area contributed by atoms with Gasteiger partial charge in [0.2, 0.25) is 11.8 Å². The summed E-state index contributed by atoms with van der Waals surface area (Å²) < 4.78 is 10.9. The topological polar surface area (TPSA) is 81.2 Å². The second-order valence-electron chi connectivity index (χ2n) is 6.35. The first-order chi connectivity index (χ1) is 13.8. The number of aromatic nitrogens is 2. The molecule has 28 heavy (non-hydrogen) atoms. The molecule has 0 aliphatic heterocycles. The van der Waals surface area contributed by atoms with Gasteiger partial charge in [-0.2, -0.15) is 0 Å². The molecule has 1 amide bonds. The van der Waals surface area contributed by atoms with Crippen molar-refractivity contribution in [1.82, 2.24) is 10.2 Å². The molecular weight excluding hydrogens is 354 g/mol. The van der Waals surface area contributed by atoms with Gasteiger partial charge in [-0.25, -0.2) is 0 Å². The van der Waals surface area contributed by atoms with Crippen LogP contribution in [0.2, 0.25) is 0 Å². The summed E-state index contributed by atoms with van der Waals surface area (Å²) >= 11 is 0. The van der Waals surface area contributed by atoms with Crippen molar-refractivity contribution in [2.45, 2.75) is 19.3 Å². The fourth-order valence-corrected chi connectivity index (χ4v) is 2.86. The standard InChI is InChI=1S/C22H19N3O3/c26-20(10-4-8-16-6-2-1-3-7-16)23-18-13-11-17(12-14-18)21-24-25-22(28-21)19-9-5-15-27-19/h1-3,5-7,9,11-15H,4,8,10H2,(H,23,26). The van der Waals surface area contributed by atoms with Crippen molar-refractivity contribution in [2.24, 2.45) is 0 Å². The molecule has 0 aliphatic rings. The summed E-state index contributed by atoms with van der Waals surface area (Å²) in [6.45, 7) is 0. The van der Waals surface area contributed by atoms with Crippen LogP contribution < -0.4 is 5.32 Å². The molecule has 0 saturated heterocycles. The van der Waals surface area contributed by atoms with Crippen LogP contribution in [0.4, 0.5) is 5.69 Å². The Balaban J connectivity index is 1.31. The van der Waals surface area contributed by atoms with Crippen molar-refractivity contribution in [3.63, 3.8) is 0 Å². The van der Waals surface area contributed by atoms with Crippen molar-refractivity contribution in [3.8, 4) is 23.1 Å². The van der Waals surface area contributed by atoms with E-state index in [9.17, 15) is 4.79 Å². The Morgan fingerprint density at radius 3 is 2.43 bits per heavy atom. The van der Waals surface area contributed by atoms with Crippen LogP contribution in [0.3, 0.4) is 0 Å². The van der Waals surface area contributed by atoms with Crippen LogP contribution in [-0.2, 0) is 11.2 Å².